The average Bonchev–Trinajstić information content (AvgIpc) is 2.88. The Hall–Kier alpha value is 0.980. The molecule has 1 fully saturated rings. The highest BCUT2D eigenvalue weighted by atomic mass is 79.9. The van der Waals surface area contributed by atoms with Crippen LogP contribution in [-0.4, -0.2) is 85.2 Å². The molecule has 128 valence electrons. The molecule has 5 nitrogen and oxygen atoms in total. The summed E-state index contributed by atoms with van der Waals surface area (Å²) in [6.07, 6.45) is 1.20. The van der Waals surface area contributed by atoms with Crippen LogP contribution in [0.25, 0.3) is 0 Å². The van der Waals surface area contributed by atoms with Gasteiger partial charge in [0.15, 0.2) is 0 Å². The summed E-state index contributed by atoms with van der Waals surface area (Å²) in [6.45, 7) is 9.04. The van der Waals surface area contributed by atoms with Crippen molar-refractivity contribution in [2.24, 2.45) is 0 Å². The SMILES string of the molecule is Br.CCN(CC)CCCN(C1NC(N(C)C)SS1)N(C)C. The van der Waals surface area contributed by atoms with Gasteiger partial charge in [0.1, 0.15) is 11.0 Å². The fourth-order valence-electron chi connectivity index (χ4n) is 2.18. The Morgan fingerprint density at radius 1 is 0.905 bits per heavy atom. The molecule has 1 heterocycles. The van der Waals surface area contributed by atoms with Crippen molar-refractivity contribution in [1.29, 1.82) is 0 Å². The highest BCUT2D eigenvalue weighted by molar-refractivity contribution is 8.93. The van der Waals surface area contributed by atoms with E-state index in [1.807, 2.05) is 21.6 Å². The maximum atomic E-state index is 3.66. The number of nitrogens with one attached hydrogen (secondary N) is 1. The molecule has 1 aliphatic heterocycles. The van der Waals surface area contributed by atoms with Gasteiger partial charge in [-0.1, -0.05) is 35.4 Å². The Labute approximate surface area is 149 Å². The molecule has 0 saturated carbocycles. The van der Waals surface area contributed by atoms with Gasteiger partial charge in [-0.2, -0.15) is 0 Å². The molecule has 21 heavy (non-hydrogen) atoms. The fraction of sp³-hybridized carbons (Fsp3) is 1.00. The molecule has 0 aromatic heterocycles. The molecule has 0 radical (unpaired) electrons. The zero-order chi connectivity index (χ0) is 15.1. The Bertz CT molecular complexity index is 267. The molecule has 1 N–H and O–H groups in total. The van der Waals surface area contributed by atoms with Crippen LogP contribution in [0, 0.1) is 0 Å². The number of halogens is 1. The van der Waals surface area contributed by atoms with E-state index >= 15 is 0 Å². The van der Waals surface area contributed by atoms with Crippen LogP contribution in [0.2, 0.25) is 0 Å². The first kappa shape index (κ1) is 22.0. The molecule has 1 rings (SSSR count). The number of hydrogen-bond acceptors (Lipinski definition) is 7. The van der Waals surface area contributed by atoms with E-state index in [0.717, 1.165) is 19.6 Å². The van der Waals surface area contributed by atoms with Gasteiger partial charge in [0.05, 0.1) is 0 Å². The standard InChI is InChI=1S/C13H31N5S2.BrH/c1-7-17(8-2)10-9-11-18(16(5)6)13-14-12(15(3)4)19-20-13;/h12-14H,7-11H2,1-6H3;1H. The van der Waals surface area contributed by atoms with Crippen LogP contribution in [0.4, 0.5) is 0 Å². The molecule has 1 aliphatic rings. The lowest BCUT2D eigenvalue weighted by Crippen LogP contribution is -2.52. The molecule has 0 aromatic carbocycles. The monoisotopic (exact) mass is 401 g/mol. The molecule has 8 heteroatoms. The van der Waals surface area contributed by atoms with E-state index < -0.39 is 0 Å². The van der Waals surface area contributed by atoms with E-state index in [1.54, 1.807) is 0 Å². The summed E-state index contributed by atoms with van der Waals surface area (Å²) in [5, 5.41) is 8.30. The Morgan fingerprint density at radius 3 is 1.90 bits per heavy atom. The second-order valence-electron chi connectivity index (χ2n) is 5.42. The lowest BCUT2D eigenvalue weighted by atomic mass is 10.3. The maximum Gasteiger partial charge on any atom is 0.133 e. The third-order valence-electron chi connectivity index (χ3n) is 3.53. The molecule has 0 aliphatic carbocycles. The molecule has 0 spiro atoms. The molecule has 0 bridgehead atoms. The summed E-state index contributed by atoms with van der Waals surface area (Å²) in [6, 6.07) is 0. The van der Waals surface area contributed by atoms with Crippen LogP contribution in [0.15, 0.2) is 0 Å². The number of rotatable bonds is 9. The first-order chi connectivity index (χ1) is 9.49. The van der Waals surface area contributed by atoms with Crippen molar-refractivity contribution in [3.63, 3.8) is 0 Å². The van der Waals surface area contributed by atoms with Gasteiger partial charge in [-0.25, -0.2) is 10.0 Å². The molecular formula is C13H32BrN5S2. The number of hydrogen-bond donors (Lipinski definition) is 1. The normalized spacial score (nSPS) is 22.6. The zero-order valence-electron chi connectivity index (χ0n) is 14.2. The van der Waals surface area contributed by atoms with E-state index in [0.29, 0.717) is 11.0 Å². The van der Waals surface area contributed by atoms with Crippen molar-refractivity contribution in [1.82, 2.24) is 25.1 Å². The lowest BCUT2D eigenvalue weighted by Gasteiger charge is -2.34. The molecule has 0 aromatic rings. The summed E-state index contributed by atoms with van der Waals surface area (Å²) >= 11 is 0. The van der Waals surface area contributed by atoms with Gasteiger partial charge in [0.25, 0.3) is 0 Å². The van der Waals surface area contributed by atoms with E-state index in [4.69, 9.17) is 0 Å². The number of nitrogens with zero attached hydrogens (tertiary/aromatic N) is 4. The lowest BCUT2D eigenvalue weighted by molar-refractivity contribution is -0.00354. The van der Waals surface area contributed by atoms with Crippen LogP contribution in [0.1, 0.15) is 20.3 Å². The largest absolute Gasteiger partial charge is 0.304 e. The molecule has 2 unspecified atom stereocenters. The maximum absolute atomic E-state index is 3.66. The average molecular weight is 402 g/mol. The summed E-state index contributed by atoms with van der Waals surface area (Å²) in [5.41, 5.74) is 0.759. The molecule has 1 saturated heterocycles. The first-order valence-electron chi connectivity index (χ1n) is 7.40. The van der Waals surface area contributed by atoms with Gasteiger partial charge >= 0.3 is 0 Å². The third kappa shape index (κ3) is 7.39. The van der Waals surface area contributed by atoms with Crippen molar-refractivity contribution in [2.45, 2.75) is 31.3 Å². The van der Waals surface area contributed by atoms with Gasteiger partial charge in [-0.05, 0) is 40.2 Å². The highest BCUT2D eigenvalue weighted by Gasteiger charge is 2.32. The molecular weight excluding hydrogens is 370 g/mol. The summed E-state index contributed by atoms with van der Waals surface area (Å²) in [5.74, 6) is 0. The smallest absolute Gasteiger partial charge is 0.133 e. The van der Waals surface area contributed by atoms with Gasteiger partial charge in [0, 0.05) is 20.6 Å². The summed E-state index contributed by atoms with van der Waals surface area (Å²) in [7, 11) is 12.3. The highest BCUT2D eigenvalue weighted by Crippen LogP contribution is 2.38. The van der Waals surface area contributed by atoms with Crippen LogP contribution in [0.5, 0.6) is 0 Å². The van der Waals surface area contributed by atoms with E-state index in [9.17, 15) is 0 Å². The van der Waals surface area contributed by atoms with Crippen LogP contribution >= 0.6 is 38.6 Å². The van der Waals surface area contributed by atoms with Crippen molar-refractivity contribution in [2.75, 3.05) is 54.4 Å². The second kappa shape index (κ2) is 11.5. The molecule has 0 amide bonds. The topological polar surface area (TPSA) is 25.0 Å². The van der Waals surface area contributed by atoms with Crippen LogP contribution in [-0.2, 0) is 0 Å². The van der Waals surface area contributed by atoms with Gasteiger partial charge in [0.2, 0.25) is 0 Å². The van der Waals surface area contributed by atoms with E-state index in [2.05, 4.69) is 67.2 Å². The Balaban J connectivity index is 0.00000400. The minimum absolute atomic E-state index is 0. The number of hydrazine groups is 1. The van der Waals surface area contributed by atoms with Crippen molar-refractivity contribution in [3.05, 3.63) is 0 Å². The van der Waals surface area contributed by atoms with Gasteiger partial charge in [-0.15, -0.1) is 17.0 Å². The Morgan fingerprint density at radius 2 is 1.48 bits per heavy atom. The predicted octanol–water partition coefficient (Wildman–Crippen LogP) is 2.19. The van der Waals surface area contributed by atoms with Gasteiger partial charge in [-0.3, -0.25) is 10.2 Å². The molecule has 2 atom stereocenters. The van der Waals surface area contributed by atoms with Crippen molar-refractivity contribution < 1.29 is 0 Å². The van der Waals surface area contributed by atoms with Crippen LogP contribution < -0.4 is 5.32 Å². The van der Waals surface area contributed by atoms with Gasteiger partial charge < -0.3 is 4.90 Å². The van der Waals surface area contributed by atoms with Crippen molar-refractivity contribution in [3.8, 4) is 0 Å². The van der Waals surface area contributed by atoms with E-state index in [1.165, 1.54) is 13.0 Å². The van der Waals surface area contributed by atoms with Crippen molar-refractivity contribution >= 4 is 38.6 Å². The minimum Gasteiger partial charge on any atom is -0.304 e. The summed E-state index contributed by atoms with van der Waals surface area (Å²) in [4.78, 5) is 4.71. The quantitative estimate of drug-likeness (QED) is 0.466. The van der Waals surface area contributed by atoms with Crippen LogP contribution in [0.3, 0.4) is 0 Å². The summed E-state index contributed by atoms with van der Waals surface area (Å²) < 4.78 is 0. The zero-order valence-corrected chi connectivity index (χ0v) is 17.5. The minimum atomic E-state index is 0. The fourth-order valence-corrected chi connectivity index (χ4v) is 5.19. The predicted molar refractivity (Wildman–Crippen MR) is 103 cm³/mol. The second-order valence-corrected chi connectivity index (χ2v) is 7.85. The van der Waals surface area contributed by atoms with E-state index in [-0.39, 0.29) is 17.0 Å². The first-order valence-corrected chi connectivity index (χ1v) is 9.68. The third-order valence-corrected chi connectivity index (χ3v) is 6.37. The Kier molecular flexibility index (Phi) is 12.0.